The van der Waals surface area contributed by atoms with Crippen molar-refractivity contribution in [1.29, 1.82) is 0 Å². The third-order valence-electron chi connectivity index (χ3n) is 4.92. The molecule has 0 radical (unpaired) electrons. The van der Waals surface area contributed by atoms with Crippen LogP contribution in [-0.2, 0) is 18.3 Å². The molecule has 1 aliphatic heterocycles. The number of anilines is 1. The average Bonchev–Trinajstić information content (AvgIpc) is 3.03. The number of hydrogen-bond donors (Lipinski definition) is 2. The molecule has 1 saturated heterocycles. The van der Waals surface area contributed by atoms with Crippen molar-refractivity contribution in [2.75, 3.05) is 25.5 Å². The number of aryl methyl sites for hydroxylation is 2. The molecule has 0 saturated carbocycles. The summed E-state index contributed by atoms with van der Waals surface area (Å²) >= 11 is 0. The molecule has 27 heavy (non-hydrogen) atoms. The van der Waals surface area contributed by atoms with Crippen LogP contribution in [0.3, 0.4) is 0 Å². The topological polar surface area (TPSA) is 79.3 Å². The monoisotopic (exact) mass is 369 g/mol. The minimum Gasteiger partial charge on any atom is -0.348 e. The van der Waals surface area contributed by atoms with E-state index in [0.717, 1.165) is 31.5 Å². The third-order valence-corrected chi connectivity index (χ3v) is 4.92. The Hall–Kier alpha value is -2.67. The Morgan fingerprint density at radius 2 is 1.85 bits per heavy atom. The van der Waals surface area contributed by atoms with Gasteiger partial charge in [-0.3, -0.25) is 14.3 Å². The first kappa shape index (κ1) is 19.1. The van der Waals surface area contributed by atoms with Crippen LogP contribution in [0.1, 0.15) is 35.3 Å². The highest BCUT2D eigenvalue weighted by Gasteiger charge is 2.21. The number of likely N-dealkylation sites (tertiary alicyclic amines) is 1. The van der Waals surface area contributed by atoms with E-state index in [9.17, 15) is 9.59 Å². The maximum absolute atomic E-state index is 12.4. The van der Waals surface area contributed by atoms with E-state index in [1.54, 1.807) is 13.1 Å². The largest absolute Gasteiger partial charge is 0.348 e. The summed E-state index contributed by atoms with van der Waals surface area (Å²) in [5.74, 6) is 0.246. The molecule has 7 heteroatoms. The minimum absolute atomic E-state index is 0.0934. The van der Waals surface area contributed by atoms with E-state index in [1.165, 1.54) is 4.68 Å². The van der Waals surface area contributed by atoms with Crippen molar-refractivity contribution in [3.8, 4) is 0 Å². The van der Waals surface area contributed by atoms with E-state index in [1.807, 2.05) is 30.3 Å². The zero-order valence-corrected chi connectivity index (χ0v) is 15.9. The molecule has 1 aromatic heterocycles. The van der Waals surface area contributed by atoms with Crippen LogP contribution in [-0.4, -0.2) is 52.7 Å². The maximum Gasteiger partial charge on any atom is 0.272 e. The van der Waals surface area contributed by atoms with Crippen LogP contribution >= 0.6 is 0 Å². The van der Waals surface area contributed by atoms with Crippen LogP contribution in [0.2, 0.25) is 0 Å². The van der Waals surface area contributed by atoms with Gasteiger partial charge in [0.2, 0.25) is 5.91 Å². The number of aromatic nitrogens is 2. The number of benzene rings is 1. The van der Waals surface area contributed by atoms with E-state index < -0.39 is 0 Å². The van der Waals surface area contributed by atoms with Crippen molar-refractivity contribution in [2.24, 2.45) is 7.05 Å². The summed E-state index contributed by atoms with van der Waals surface area (Å²) in [6.45, 7) is 1.96. The molecule has 7 nitrogen and oxygen atoms in total. The van der Waals surface area contributed by atoms with Gasteiger partial charge in [-0.25, -0.2) is 0 Å². The van der Waals surface area contributed by atoms with Gasteiger partial charge in [-0.05, 0) is 45.0 Å². The summed E-state index contributed by atoms with van der Waals surface area (Å²) in [5, 5.41) is 10.1. The highest BCUT2D eigenvalue weighted by Crippen LogP contribution is 2.13. The lowest BCUT2D eigenvalue weighted by Gasteiger charge is -2.29. The van der Waals surface area contributed by atoms with E-state index in [0.29, 0.717) is 24.4 Å². The molecule has 3 rings (SSSR count). The second-order valence-corrected chi connectivity index (χ2v) is 7.12. The fourth-order valence-electron chi connectivity index (χ4n) is 3.22. The molecule has 1 aromatic carbocycles. The molecule has 2 N–H and O–H groups in total. The van der Waals surface area contributed by atoms with Gasteiger partial charge < -0.3 is 15.5 Å². The Labute approximate surface area is 159 Å². The number of rotatable bonds is 6. The molecule has 2 amide bonds. The first-order valence-corrected chi connectivity index (χ1v) is 9.38. The number of hydrogen-bond acceptors (Lipinski definition) is 4. The highest BCUT2D eigenvalue weighted by molar-refractivity contribution is 5.95. The van der Waals surface area contributed by atoms with E-state index >= 15 is 0 Å². The normalized spacial score (nSPS) is 15.5. The smallest absolute Gasteiger partial charge is 0.272 e. The van der Waals surface area contributed by atoms with E-state index in [4.69, 9.17) is 0 Å². The van der Waals surface area contributed by atoms with Crippen LogP contribution in [0.25, 0.3) is 0 Å². The van der Waals surface area contributed by atoms with Crippen LogP contribution in [0, 0.1) is 0 Å². The molecule has 1 fully saturated rings. The van der Waals surface area contributed by atoms with Gasteiger partial charge in [0, 0.05) is 25.6 Å². The van der Waals surface area contributed by atoms with Gasteiger partial charge in [0.1, 0.15) is 5.82 Å². The summed E-state index contributed by atoms with van der Waals surface area (Å²) in [6, 6.07) is 11.7. The quantitative estimate of drug-likeness (QED) is 0.814. The Bertz CT molecular complexity index is 779. The van der Waals surface area contributed by atoms with Crippen molar-refractivity contribution in [3.63, 3.8) is 0 Å². The van der Waals surface area contributed by atoms with Crippen LogP contribution in [0.5, 0.6) is 0 Å². The fraction of sp³-hybridized carbons (Fsp3) is 0.450. The van der Waals surface area contributed by atoms with Crippen LogP contribution in [0.4, 0.5) is 5.82 Å². The van der Waals surface area contributed by atoms with Gasteiger partial charge in [0.15, 0.2) is 5.69 Å². The number of piperidine rings is 1. The van der Waals surface area contributed by atoms with Crippen molar-refractivity contribution < 1.29 is 9.59 Å². The molecule has 144 valence electrons. The number of carbonyl (C=O) groups is 2. The molecule has 0 spiro atoms. The molecule has 2 aromatic rings. The Kier molecular flexibility index (Phi) is 6.24. The zero-order valence-electron chi connectivity index (χ0n) is 15.9. The molecular weight excluding hydrogens is 342 g/mol. The molecule has 2 heterocycles. The van der Waals surface area contributed by atoms with Gasteiger partial charge in [0.25, 0.3) is 5.91 Å². The van der Waals surface area contributed by atoms with Gasteiger partial charge in [-0.15, -0.1) is 0 Å². The molecule has 0 bridgehead atoms. The number of carbonyl (C=O) groups excluding carboxylic acids is 2. The Morgan fingerprint density at radius 1 is 1.15 bits per heavy atom. The van der Waals surface area contributed by atoms with Gasteiger partial charge in [0.05, 0.1) is 0 Å². The number of amides is 2. The summed E-state index contributed by atoms with van der Waals surface area (Å²) < 4.78 is 1.53. The average molecular weight is 369 g/mol. The SMILES string of the molecule is CN1CCC(NC(=O)c2cc(NC(=O)CCc3ccccc3)n(C)n2)CC1. The van der Waals surface area contributed by atoms with E-state index in [-0.39, 0.29) is 17.9 Å². The number of nitrogens with zero attached hydrogens (tertiary/aromatic N) is 3. The molecular formula is C20H27N5O2. The summed E-state index contributed by atoms with van der Waals surface area (Å²) in [7, 11) is 3.81. The second-order valence-electron chi connectivity index (χ2n) is 7.12. The van der Waals surface area contributed by atoms with Crippen molar-refractivity contribution in [1.82, 2.24) is 20.0 Å². The number of nitrogens with one attached hydrogen (secondary N) is 2. The van der Waals surface area contributed by atoms with Crippen molar-refractivity contribution in [2.45, 2.75) is 31.7 Å². The van der Waals surface area contributed by atoms with Crippen LogP contribution < -0.4 is 10.6 Å². The van der Waals surface area contributed by atoms with Crippen molar-refractivity contribution >= 4 is 17.6 Å². The maximum atomic E-state index is 12.4. The molecule has 0 atom stereocenters. The lowest BCUT2D eigenvalue weighted by Crippen LogP contribution is -2.43. The molecule has 0 aliphatic carbocycles. The summed E-state index contributed by atoms with van der Waals surface area (Å²) in [6.07, 6.45) is 2.94. The first-order chi connectivity index (χ1) is 13.0. The summed E-state index contributed by atoms with van der Waals surface area (Å²) in [5.41, 5.74) is 1.45. The molecule has 1 aliphatic rings. The predicted molar refractivity (Wildman–Crippen MR) is 105 cm³/mol. The Balaban J connectivity index is 1.52. The second kappa shape index (κ2) is 8.81. The summed E-state index contributed by atoms with van der Waals surface area (Å²) in [4.78, 5) is 26.9. The standard InChI is InChI=1S/C20H27N5O2/c1-24-12-10-16(11-13-24)21-20(27)17-14-18(25(2)23-17)22-19(26)9-8-15-6-4-3-5-7-15/h3-7,14,16H,8-13H2,1-2H3,(H,21,27)(H,22,26). The fourth-order valence-corrected chi connectivity index (χ4v) is 3.22. The van der Waals surface area contributed by atoms with Crippen LogP contribution in [0.15, 0.2) is 36.4 Å². The lowest BCUT2D eigenvalue weighted by atomic mass is 10.1. The molecule has 0 unspecified atom stereocenters. The zero-order chi connectivity index (χ0) is 19.2. The Morgan fingerprint density at radius 3 is 2.56 bits per heavy atom. The first-order valence-electron chi connectivity index (χ1n) is 9.38. The highest BCUT2D eigenvalue weighted by atomic mass is 16.2. The van der Waals surface area contributed by atoms with Gasteiger partial charge in [-0.2, -0.15) is 5.10 Å². The van der Waals surface area contributed by atoms with Gasteiger partial charge >= 0.3 is 0 Å². The third kappa shape index (κ3) is 5.40. The lowest BCUT2D eigenvalue weighted by molar-refractivity contribution is -0.116. The van der Waals surface area contributed by atoms with Crippen molar-refractivity contribution in [3.05, 3.63) is 47.7 Å². The van der Waals surface area contributed by atoms with E-state index in [2.05, 4.69) is 27.7 Å². The minimum atomic E-state index is -0.190. The predicted octanol–water partition coefficient (Wildman–Crippen LogP) is 1.82. The van der Waals surface area contributed by atoms with Gasteiger partial charge in [-0.1, -0.05) is 30.3 Å².